The smallest absolute Gasteiger partial charge is 0.250 e. The Morgan fingerprint density at radius 1 is 1.16 bits per heavy atom. The molecule has 170 valence electrons. The van der Waals surface area contributed by atoms with Gasteiger partial charge in [-0.2, -0.15) is 0 Å². The van der Waals surface area contributed by atoms with E-state index in [-0.39, 0.29) is 27.3 Å². The van der Waals surface area contributed by atoms with Gasteiger partial charge in [-0.25, -0.2) is 8.42 Å². The van der Waals surface area contributed by atoms with Crippen LogP contribution in [0.3, 0.4) is 0 Å². The maximum absolute atomic E-state index is 13.0. The van der Waals surface area contributed by atoms with Crippen LogP contribution in [0.2, 0.25) is 10.0 Å². The van der Waals surface area contributed by atoms with Crippen LogP contribution in [0.4, 0.5) is 10.8 Å². The summed E-state index contributed by atoms with van der Waals surface area (Å²) in [5.41, 5.74) is 1.00. The molecule has 0 saturated heterocycles. The second-order valence-electron chi connectivity index (χ2n) is 6.74. The zero-order chi connectivity index (χ0) is 23.5. The Bertz CT molecular complexity index is 1200. The molecule has 0 aliphatic heterocycles. The Hall–Kier alpha value is -2.40. The number of halogens is 2. The zero-order valence-electron chi connectivity index (χ0n) is 17.4. The van der Waals surface area contributed by atoms with Crippen LogP contribution in [-0.4, -0.2) is 43.9 Å². The van der Waals surface area contributed by atoms with Crippen LogP contribution >= 0.6 is 34.5 Å². The molecule has 0 aliphatic rings. The number of carbonyl (C=O) groups excluding carboxylic acids is 1. The van der Waals surface area contributed by atoms with E-state index in [4.69, 9.17) is 27.9 Å². The SMILES string of the molecule is CC[C@@H](C(=O)Nc1nnc(-c2ccc(OC)cc2)s1)N(c1cc(Cl)cc(Cl)c1)S(C)(=O)=O. The van der Waals surface area contributed by atoms with Crippen LogP contribution in [0.25, 0.3) is 10.6 Å². The van der Waals surface area contributed by atoms with Crippen molar-refractivity contribution in [1.82, 2.24) is 10.2 Å². The summed E-state index contributed by atoms with van der Waals surface area (Å²) in [4.78, 5) is 13.0. The summed E-state index contributed by atoms with van der Waals surface area (Å²) in [7, 11) is -2.26. The van der Waals surface area contributed by atoms with E-state index in [0.717, 1.165) is 16.1 Å². The predicted octanol–water partition coefficient (Wildman–Crippen LogP) is 4.70. The van der Waals surface area contributed by atoms with Crippen molar-refractivity contribution >= 4 is 61.3 Å². The van der Waals surface area contributed by atoms with Gasteiger partial charge in [-0.1, -0.05) is 41.5 Å². The molecule has 3 rings (SSSR count). The molecule has 3 aromatic rings. The number of hydrogen-bond donors (Lipinski definition) is 1. The zero-order valence-corrected chi connectivity index (χ0v) is 20.5. The van der Waals surface area contributed by atoms with Crippen molar-refractivity contribution in [3.63, 3.8) is 0 Å². The average molecular weight is 515 g/mol. The van der Waals surface area contributed by atoms with Gasteiger partial charge in [0.1, 0.15) is 16.8 Å². The number of benzene rings is 2. The lowest BCUT2D eigenvalue weighted by Crippen LogP contribution is -2.47. The van der Waals surface area contributed by atoms with Gasteiger partial charge in [-0.15, -0.1) is 10.2 Å². The normalized spacial score (nSPS) is 12.3. The average Bonchev–Trinajstić information content (AvgIpc) is 3.18. The number of aromatic nitrogens is 2. The second-order valence-corrected chi connectivity index (χ2v) is 10.5. The summed E-state index contributed by atoms with van der Waals surface area (Å²) in [6.07, 6.45) is 1.22. The Balaban J connectivity index is 1.86. The maximum Gasteiger partial charge on any atom is 0.250 e. The van der Waals surface area contributed by atoms with Crippen LogP contribution < -0.4 is 14.4 Å². The third-order valence-corrected chi connectivity index (χ3v) is 6.93. The highest BCUT2D eigenvalue weighted by Crippen LogP contribution is 2.31. The van der Waals surface area contributed by atoms with Crippen LogP contribution in [-0.2, 0) is 14.8 Å². The van der Waals surface area contributed by atoms with E-state index < -0.39 is 22.0 Å². The molecule has 0 radical (unpaired) electrons. The van der Waals surface area contributed by atoms with Gasteiger partial charge < -0.3 is 4.74 Å². The Morgan fingerprint density at radius 3 is 2.31 bits per heavy atom. The molecule has 8 nitrogen and oxygen atoms in total. The Kier molecular flexibility index (Phi) is 7.60. The molecule has 1 N–H and O–H groups in total. The summed E-state index contributed by atoms with van der Waals surface area (Å²) >= 11 is 13.3. The first kappa shape index (κ1) is 24.2. The number of sulfonamides is 1. The molecule has 0 unspecified atom stereocenters. The predicted molar refractivity (Wildman–Crippen MR) is 128 cm³/mol. The van der Waals surface area contributed by atoms with Crippen molar-refractivity contribution in [2.24, 2.45) is 0 Å². The van der Waals surface area contributed by atoms with E-state index in [1.807, 2.05) is 12.1 Å². The van der Waals surface area contributed by atoms with Crippen molar-refractivity contribution in [1.29, 1.82) is 0 Å². The van der Waals surface area contributed by atoms with E-state index in [0.29, 0.717) is 10.8 Å². The molecule has 32 heavy (non-hydrogen) atoms. The molecule has 0 spiro atoms. The van der Waals surface area contributed by atoms with Crippen molar-refractivity contribution in [2.75, 3.05) is 23.0 Å². The van der Waals surface area contributed by atoms with E-state index >= 15 is 0 Å². The molecule has 0 fully saturated rings. The molecule has 1 heterocycles. The number of ether oxygens (including phenoxy) is 1. The lowest BCUT2D eigenvalue weighted by Gasteiger charge is -2.30. The fourth-order valence-electron chi connectivity index (χ4n) is 3.04. The summed E-state index contributed by atoms with van der Waals surface area (Å²) in [6, 6.07) is 10.6. The molecule has 2 aromatic carbocycles. The van der Waals surface area contributed by atoms with Gasteiger partial charge in [-0.05, 0) is 48.9 Å². The lowest BCUT2D eigenvalue weighted by molar-refractivity contribution is -0.117. The van der Waals surface area contributed by atoms with Gasteiger partial charge in [0, 0.05) is 15.6 Å². The summed E-state index contributed by atoms with van der Waals surface area (Å²) in [6.45, 7) is 1.71. The van der Waals surface area contributed by atoms with Crippen molar-refractivity contribution in [3.05, 3.63) is 52.5 Å². The quantitative estimate of drug-likeness (QED) is 0.467. The minimum atomic E-state index is -3.83. The minimum Gasteiger partial charge on any atom is -0.497 e. The van der Waals surface area contributed by atoms with Crippen molar-refractivity contribution < 1.29 is 17.9 Å². The van der Waals surface area contributed by atoms with E-state index in [9.17, 15) is 13.2 Å². The number of rotatable bonds is 8. The number of nitrogens with zero attached hydrogens (tertiary/aromatic N) is 3. The van der Waals surface area contributed by atoms with E-state index in [1.54, 1.807) is 26.2 Å². The van der Waals surface area contributed by atoms with Gasteiger partial charge in [-0.3, -0.25) is 14.4 Å². The summed E-state index contributed by atoms with van der Waals surface area (Å²) in [5, 5.41) is 12.1. The fraction of sp³-hybridized carbons (Fsp3) is 0.250. The lowest BCUT2D eigenvalue weighted by atomic mass is 10.2. The molecular weight excluding hydrogens is 495 g/mol. The Labute approximate surface area is 200 Å². The third kappa shape index (κ3) is 5.69. The summed E-state index contributed by atoms with van der Waals surface area (Å²) in [5.74, 6) is 0.158. The van der Waals surface area contributed by atoms with Gasteiger partial charge in [0.2, 0.25) is 21.1 Å². The molecule has 0 aliphatic carbocycles. The Morgan fingerprint density at radius 2 is 1.78 bits per heavy atom. The highest BCUT2D eigenvalue weighted by molar-refractivity contribution is 7.92. The standard InChI is InChI=1S/C20H20Cl2N4O4S2/c1-4-17(26(32(3,28)29)15-10-13(21)9-14(22)11-15)18(27)23-20-25-24-19(31-20)12-5-7-16(30-2)8-6-12/h5-11,17H,4H2,1-3H3,(H,23,25,27)/t17-/m0/s1. The monoisotopic (exact) mass is 514 g/mol. The van der Waals surface area contributed by atoms with Gasteiger partial charge in [0.15, 0.2) is 0 Å². The molecule has 1 aromatic heterocycles. The van der Waals surface area contributed by atoms with Crippen molar-refractivity contribution in [3.8, 4) is 16.3 Å². The molecule has 12 heteroatoms. The first-order valence-electron chi connectivity index (χ1n) is 9.36. The highest BCUT2D eigenvalue weighted by Gasteiger charge is 2.32. The van der Waals surface area contributed by atoms with Gasteiger partial charge in [0.25, 0.3) is 0 Å². The van der Waals surface area contributed by atoms with Crippen LogP contribution in [0.5, 0.6) is 5.75 Å². The number of anilines is 2. The number of carbonyl (C=O) groups is 1. The number of hydrogen-bond acceptors (Lipinski definition) is 7. The number of amides is 1. The first-order chi connectivity index (χ1) is 15.1. The van der Waals surface area contributed by atoms with E-state index in [2.05, 4.69) is 15.5 Å². The van der Waals surface area contributed by atoms with Crippen LogP contribution in [0, 0.1) is 0 Å². The third-order valence-electron chi connectivity index (χ3n) is 4.42. The first-order valence-corrected chi connectivity index (χ1v) is 12.8. The summed E-state index contributed by atoms with van der Waals surface area (Å²) < 4.78 is 31.3. The second kappa shape index (κ2) is 10.0. The number of methoxy groups -OCH3 is 1. The van der Waals surface area contributed by atoms with E-state index in [1.165, 1.54) is 29.5 Å². The van der Waals surface area contributed by atoms with Crippen molar-refractivity contribution in [2.45, 2.75) is 19.4 Å². The maximum atomic E-state index is 13.0. The molecular formula is C20H20Cl2N4O4S2. The minimum absolute atomic E-state index is 0.197. The van der Waals surface area contributed by atoms with Gasteiger partial charge >= 0.3 is 0 Å². The molecule has 0 saturated carbocycles. The molecule has 1 amide bonds. The molecule has 1 atom stereocenters. The number of nitrogens with one attached hydrogen (secondary N) is 1. The highest BCUT2D eigenvalue weighted by atomic mass is 35.5. The van der Waals surface area contributed by atoms with Crippen LogP contribution in [0.1, 0.15) is 13.3 Å². The van der Waals surface area contributed by atoms with Crippen LogP contribution in [0.15, 0.2) is 42.5 Å². The largest absolute Gasteiger partial charge is 0.497 e. The topological polar surface area (TPSA) is 101 Å². The fourth-order valence-corrected chi connectivity index (χ4v) is 5.50. The molecule has 0 bridgehead atoms. The van der Waals surface area contributed by atoms with Gasteiger partial charge in [0.05, 0.1) is 19.1 Å².